The van der Waals surface area contributed by atoms with Gasteiger partial charge in [-0.25, -0.2) is 0 Å². The van der Waals surface area contributed by atoms with Gasteiger partial charge in [0.25, 0.3) is 0 Å². The molecule has 2 aliphatic rings. The molecule has 2 fully saturated rings. The van der Waals surface area contributed by atoms with E-state index in [4.69, 9.17) is 10.5 Å². The zero-order chi connectivity index (χ0) is 6.32. The van der Waals surface area contributed by atoms with Gasteiger partial charge in [-0.2, -0.15) is 0 Å². The first-order chi connectivity index (χ1) is 4.33. The number of rotatable bonds is 0. The van der Waals surface area contributed by atoms with E-state index in [9.17, 15) is 0 Å². The molecule has 1 spiro atoms. The molecule has 9 heavy (non-hydrogen) atoms. The lowest BCUT2D eigenvalue weighted by molar-refractivity contribution is -0.0187. The maximum absolute atomic E-state index is 5.85. The van der Waals surface area contributed by atoms with Crippen LogP contribution in [0.3, 0.4) is 0 Å². The minimum absolute atomic E-state index is 0.165. The zero-order valence-electron chi connectivity index (χ0n) is 5.60. The maximum atomic E-state index is 5.85. The molecule has 2 heteroatoms. The summed E-state index contributed by atoms with van der Waals surface area (Å²) >= 11 is 0. The Morgan fingerprint density at radius 3 is 2.67 bits per heavy atom. The summed E-state index contributed by atoms with van der Waals surface area (Å²) in [6.45, 7) is 0.938. The highest BCUT2D eigenvalue weighted by molar-refractivity contribution is 5.05. The van der Waals surface area contributed by atoms with Gasteiger partial charge < -0.3 is 10.5 Å². The normalized spacial score (nSPS) is 39.0. The van der Waals surface area contributed by atoms with Crippen molar-refractivity contribution < 1.29 is 4.74 Å². The van der Waals surface area contributed by atoms with E-state index in [1.165, 1.54) is 19.3 Å². The summed E-state index contributed by atoms with van der Waals surface area (Å²) in [5, 5.41) is 0. The van der Waals surface area contributed by atoms with Gasteiger partial charge >= 0.3 is 0 Å². The molecule has 1 aliphatic carbocycles. The van der Waals surface area contributed by atoms with Gasteiger partial charge in [0, 0.05) is 12.6 Å². The third-order valence-electron chi connectivity index (χ3n) is 2.47. The van der Waals surface area contributed by atoms with Crippen molar-refractivity contribution in [2.75, 3.05) is 6.61 Å². The summed E-state index contributed by atoms with van der Waals surface area (Å²) in [7, 11) is 0. The molecule has 1 heterocycles. The van der Waals surface area contributed by atoms with Crippen LogP contribution in [0, 0.1) is 0 Å². The SMILES string of the molecule is NC1CCCOC12CC2. The molecular weight excluding hydrogens is 114 g/mol. The van der Waals surface area contributed by atoms with Crippen molar-refractivity contribution in [3.8, 4) is 0 Å². The van der Waals surface area contributed by atoms with Crippen molar-refractivity contribution in [2.24, 2.45) is 5.73 Å². The lowest BCUT2D eigenvalue weighted by atomic mass is 10.0. The number of hydrogen-bond acceptors (Lipinski definition) is 2. The molecule has 0 amide bonds. The van der Waals surface area contributed by atoms with Gasteiger partial charge in [-0.3, -0.25) is 0 Å². The van der Waals surface area contributed by atoms with E-state index in [0.29, 0.717) is 6.04 Å². The van der Waals surface area contributed by atoms with Crippen LogP contribution in [-0.4, -0.2) is 18.2 Å². The van der Waals surface area contributed by atoms with Crippen LogP contribution >= 0.6 is 0 Å². The predicted molar refractivity (Wildman–Crippen MR) is 35.1 cm³/mol. The summed E-state index contributed by atoms with van der Waals surface area (Å²) < 4.78 is 5.56. The first-order valence-corrected chi connectivity index (χ1v) is 3.73. The van der Waals surface area contributed by atoms with Gasteiger partial charge in [-0.05, 0) is 25.7 Å². The summed E-state index contributed by atoms with van der Waals surface area (Å²) in [6, 6.07) is 0.339. The summed E-state index contributed by atoms with van der Waals surface area (Å²) in [5.41, 5.74) is 6.01. The molecule has 2 N–H and O–H groups in total. The molecule has 0 aromatic rings. The summed E-state index contributed by atoms with van der Waals surface area (Å²) in [6.07, 6.45) is 4.73. The van der Waals surface area contributed by atoms with Crippen molar-refractivity contribution in [3.63, 3.8) is 0 Å². The fourth-order valence-corrected chi connectivity index (χ4v) is 1.59. The summed E-state index contributed by atoms with van der Waals surface area (Å²) in [4.78, 5) is 0. The topological polar surface area (TPSA) is 35.2 Å². The first-order valence-electron chi connectivity index (χ1n) is 3.73. The van der Waals surface area contributed by atoms with Crippen LogP contribution in [0.4, 0.5) is 0 Å². The van der Waals surface area contributed by atoms with Gasteiger partial charge in [0.1, 0.15) is 0 Å². The van der Waals surface area contributed by atoms with Crippen molar-refractivity contribution in [2.45, 2.75) is 37.3 Å². The molecule has 0 aromatic carbocycles. The Bertz CT molecular complexity index is 120. The number of hydrogen-bond donors (Lipinski definition) is 1. The van der Waals surface area contributed by atoms with E-state index >= 15 is 0 Å². The molecule has 2 nitrogen and oxygen atoms in total. The maximum Gasteiger partial charge on any atom is 0.0834 e. The molecule has 0 bridgehead atoms. The molecule has 52 valence electrons. The van der Waals surface area contributed by atoms with Crippen LogP contribution in [0.25, 0.3) is 0 Å². The molecule has 1 saturated heterocycles. The Morgan fingerprint density at radius 2 is 2.22 bits per heavy atom. The quantitative estimate of drug-likeness (QED) is 0.518. The average molecular weight is 127 g/mol. The third-order valence-corrected chi connectivity index (χ3v) is 2.47. The molecular formula is C7H13NO. The predicted octanol–water partition coefficient (Wildman–Crippen LogP) is 0.657. The Labute approximate surface area is 55.4 Å². The smallest absolute Gasteiger partial charge is 0.0834 e. The Morgan fingerprint density at radius 1 is 1.44 bits per heavy atom. The van der Waals surface area contributed by atoms with Crippen LogP contribution in [0.15, 0.2) is 0 Å². The molecule has 1 atom stereocenters. The molecule has 1 unspecified atom stereocenters. The van der Waals surface area contributed by atoms with Crippen molar-refractivity contribution in [1.29, 1.82) is 0 Å². The monoisotopic (exact) mass is 127 g/mol. The highest BCUT2D eigenvalue weighted by atomic mass is 16.5. The molecule has 2 rings (SSSR count). The number of nitrogens with two attached hydrogens (primary N) is 1. The molecule has 0 radical (unpaired) electrons. The first kappa shape index (κ1) is 5.69. The van der Waals surface area contributed by atoms with Crippen LogP contribution < -0.4 is 5.73 Å². The average Bonchev–Trinajstić information content (AvgIpc) is 2.60. The van der Waals surface area contributed by atoms with E-state index < -0.39 is 0 Å². The van der Waals surface area contributed by atoms with E-state index in [1.54, 1.807) is 0 Å². The Kier molecular flexibility index (Phi) is 1.08. The lowest BCUT2D eigenvalue weighted by Gasteiger charge is -2.28. The van der Waals surface area contributed by atoms with Crippen LogP contribution in [0.1, 0.15) is 25.7 Å². The van der Waals surface area contributed by atoms with Gasteiger partial charge in [-0.1, -0.05) is 0 Å². The second-order valence-electron chi connectivity index (χ2n) is 3.16. The van der Waals surface area contributed by atoms with Crippen LogP contribution in [0.2, 0.25) is 0 Å². The largest absolute Gasteiger partial charge is 0.373 e. The standard InChI is InChI=1S/C7H13NO/c8-6-2-1-5-9-7(6)3-4-7/h6H,1-5,8H2. The fraction of sp³-hybridized carbons (Fsp3) is 1.00. The van der Waals surface area contributed by atoms with Gasteiger partial charge in [0.15, 0.2) is 0 Å². The fourth-order valence-electron chi connectivity index (χ4n) is 1.59. The lowest BCUT2D eigenvalue weighted by Crippen LogP contribution is -2.42. The van der Waals surface area contributed by atoms with Crippen molar-refractivity contribution in [3.05, 3.63) is 0 Å². The molecule has 1 aliphatic heterocycles. The molecule has 1 saturated carbocycles. The van der Waals surface area contributed by atoms with Crippen molar-refractivity contribution in [1.82, 2.24) is 0 Å². The van der Waals surface area contributed by atoms with E-state index in [-0.39, 0.29) is 5.60 Å². The van der Waals surface area contributed by atoms with Crippen LogP contribution in [0.5, 0.6) is 0 Å². The Hall–Kier alpha value is -0.0800. The van der Waals surface area contributed by atoms with E-state index in [1.807, 2.05) is 0 Å². The van der Waals surface area contributed by atoms with Gasteiger partial charge in [-0.15, -0.1) is 0 Å². The highest BCUT2D eigenvalue weighted by Gasteiger charge is 2.50. The summed E-state index contributed by atoms with van der Waals surface area (Å²) in [5.74, 6) is 0. The second kappa shape index (κ2) is 1.70. The minimum atomic E-state index is 0.165. The second-order valence-corrected chi connectivity index (χ2v) is 3.16. The van der Waals surface area contributed by atoms with Crippen LogP contribution in [-0.2, 0) is 4.74 Å². The van der Waals surface area contributed by atoms with Crippen molar-refractivity contribution >= 4 is 0 Å². The van der Waals surface area contributed by atoms with Gasteiger partial charge in [0.2, 0.25) is 0 Å². The molecule has 0 aromatic heterocycles. The minimum Gasteiger partial charge on any atom is -0.373 e. The number of ether oxygens (including phenoxy) is 1. The Balaban J connectivity index is 2.03. The van der Waals surface area contributed by atoms with E-state index in [0.717, 1.165) is 13.0 Å². The third kappa shape index (κ3) is 0.775. The highest BCUT2D eigenvalue weighted by Crippen LogP contribution is 2.45. The van der Waals surface area contributed by atoms with Gasteiger partial charge in [0.05, 0.1) is 5.60 Å². The van der Waals surface area contributed by atoms with E-state index in [2.05, 4.69) is 0 Å². The zero-order valence-corrected chi connectivity index (χ0v) is 5.60.